The van der Waals surface area contributed by atoms with Gasteiger partial charge in [-0.3, -0.25) is 5.32 Å². The Morgan fingerprint density at radius 2 is 1.70 bits per heavy atom. The van der Waals surface area contributed by atoms with Crippen LogP contribution in [-0.2, 0) is 0 Å². The highest BCUT2D eigenvalue weighted by Crippen LogP contribution is 2.11. The third kappa shape index (κ3) is 1.14. The van der Waals surface area contributed by atoms with Crippen molar-refractivity contribution in [2.75, 3.05) is 6.61 Å². The van der Waals surface area contributed by atoms with Gasteiger partial charge in [0.05, 0.1) is 12.6 Å². The van der Waals surface area contributed by atoms with Crippen molar-refractivity contribution in [3.63, 3.8) is 0 Å². The van der Waals surface area contributed by atoms with Crippen LogP contribution in [0, 0.1) is 0 Å². The summed E-state index contributed by atoms with van der Waals surface area (Å²) in [5, 5.41) is 37.7. The number of hydrogen-bond acceptors (Lipinski definition) is 5. The molecule has 1 saturated heterocycles. The summed E-state index contributed by atoms with van der Waals surface area (Å²) < 4.78 is 0. The number of nitrogens with one attached hydrogen (secondary N) is 1. The maximum Gasteiger partial charge on any atom is 0.134 e. The Bertz CT molecular complexity index is 120. The second kappa shape index (κ2) is 2.81. The Kier molecular flexibility index (Phi) is 2.22. The van der Waals surface area contributed by atoms with Gasteiger partial charge in [0.25, 0.3) is 0 Å². The fourth-order valence-electron chi connectivity index (χ4n) is 1.00. The van der Waals surface area contributed by atoms with E-state index in [1.807, 2.05) is 0 Å². The lowest BCUT2D eigenvalue weighted by Crippen LogP contribution is -2.36. The smallest absolute Gasteiger partial charge is 0.134 e. The molecule has 60 valence electrons. The maximum atomic E-state index is 9.00. The lowest BCUT2D eigenvalue weighted by atomic mass is 10.1. The number of hydrogen-bond donors (Lipinski definition) is 5. The third-order valence-corrected chi connectivity index (χ3v) is 1.67. The SMILES string of the molecule is OC[C@@H]1NC(O)[C@H](O)[C@@H]1O. The average molecular weight is 149 g/mol. The monoisotopic (exact) mass is 149 g/mol. The van der Waals surface area contributed by atoms with Crippen molar-refractivity contribution in [3.05, 3.63) is 0 Å². The Morgan fingerprint density at radius 3 is 1.90 bits per heavy atom. The normalized spacial score (nSPS) is 48.0. The molecule has 0 bridgehead atoms. The number of rotatable bonds is 1. The molecule has 1 fully saturated rings. The van der Waals surface area contributed by atoms with E-state index >= 15 is 0 Å². The fourth-order valence-corrected chi connectivity index (χ4v) is 1.00. The molecule has 0 saturated carbocycles. The molecule has 1 aliphatic rings. The molecule has 5 N–H and O–H groups in total. The zero-order chi connectivity index (χ0) is 7.72. The van der Waals surface area contributed by atoms with E-state index in [0.29, 0.717) is 0 Å². The second-order valence-electron chi connectivity index (χ2n) is 2.38. The van der Waals surface area contributed by atoms with Gasteiger partial charge < -0.3 is 20.4 Å². The summed E-state index contributed by atoms with van der Waals surface area (Å²) in [7, 11) is 0. The predicted molar refractivity (Wildman–Crippen MR) is 32.0 cm³/mol. The van der Waals surface area contributed by atoms with Crippen LogP contribution in [-0.4, -0.2) is 51.5 Å². The highest BCUT2D eigenvalue weighted by molar-refractivity contribution is 4.92. The third-order valence-electron chi connectivity index (χ3n) is 1.67. The maximum absolute atomic E-state index is 9.00. The van der Waals surface area contributed by atoms with Crippen molar-refractivity contribution in [1.29, 1.82) is 0 Å². The van der Waals surface area contributed by atoms with Crippen molar-refractivity contribution in [3.8, 4) is 0 Å². The molecular formula is C5H11NO4. The highest BCUT2D eigenvalue weighted by Gasteiger charge is 2.39. The van der Waals surface area contributed by atoms with Crippen molar-refractivity contribution in [2.24, 2.45) is 0 Å². The van der Waals surface area contributed by atoms with Crippen molar-refractivity contribution >= 4 is 0 Å². The molecule has 0 amide bonds. The van der Waals surface area contributed by atoms with Crippen LogP contribution in [0.2, 0.25) is 0 Å². The molecule has 0 radical (unpaired) electrons. The Morgan fingerprint density at radius 1 is 1.10 bits per heavy atom. The van der Waals surface area contributed by atoms with Crippen molar-refractivity contribution in [1.82, 2.24) is 5.32 Å². The standard InChI is InChI=1S/C5H11NO4/c7-1-2-3(8)4(9)5(10)6-2/h2-10H,1H2/t2-,3+,4+,5?/m0/s1. The van der Waals surface area contributed by atoms with Gasteiger partial charge in [-0.05, 0) is 0 Å². The summed E-state index contributed by atoms with van der Waals surface area (Å²) in [6, 6.07) is -0.620. The van der Waals surface area contributed by atoms with Crippen LogP contribution in [0.15, 0.2) is 0 Å². The molecule has 1 heterocycles. The van der Waals surface area contributed by atoms with E-state index in [9.17, 15) is 0 Å². The molecule has 4 atom stereocenters. The predicted octanol–water partition coefficient (Wildman–Crippen LogP) is -3.01. The Balaban J connectivity index is 2.53. The van der Waals surface area contributed by atoms with Crippen molar-refractivity contribution < 1.29 is 20.4 Å². The fraction of sp³-hybridized carbons (Fsp3) is 1.00. The van der Waals surface area contributed by atoms with Crippen LogP contribution >= 0.6 is 0 Å². The highest BCUT2D eigenvalue weighted by atomic mass is 16.4. The van der Waals surface area contributed by atoms with E-state index in [2.05, 4.69) is 5.32 Å². The van der Waals surface area contributed by atoms with Crippen LogP contribution in [0.25, 0.3) is 0 Å². The largest absolute Gasteiger partial charge is 0.395 e. The van der Waals surface area contributed by atoms with E-state index in [1.165, 1.54) is 0 Å². The molecule has 0 aromatic heterocycles. The topological polar surface area (TPSA) is 93.0 Å². The summed E-state index contributed by atoms with van der Waals surface area (Å²) in [6.45, 7) is -0.296. The van der Waals surface area contributed by atoms with Crippen LogP contribution < -0.4 is 5.32 Å². The van der Waals surface area contributed by atoms with Gasteiger partial charge in [0.2, 0.25) is 0 Å². The number of aliphatic hydroxyl groups is 4. The van der Waals surface area contributed by atoms with Gasteiger partial charge in [-0.1, -0.05) is 0 Å². The van der Waals surface area contributed by atoms with E-state index in [0.717, 1.165) is 0 Å². The summed E-state index contributed by atoms with van der Waals surface area (Å²) in [6.07, 6.45) is -3.41. The van der Waals surface area contributed by atoms with Gasteiger partial charge in [0.1, 0.15) is 18.4 Å². The zero-order valence-electron chi connectivity index (χ0n) is 5.31. The molecule has 5 nitrogen and oxygen atoms in total. The van der Waals surface area contributed by atoms with Crippen LogP contribution in [0.3, 0.4) is 0 Å². The first kappa shape index (κ1) is 7.90. The molecule has 1 unspecified atom stereocenters. The molecule has 1 rings (SSSR count). The van der Waals surface area contributed by atoms with Gasteiger partial charge in [0.15, 0.2) is 0 Å². The van der Waals surface area contributed by atoms with Gasteiger partial charge in [0, 0.05) is 0 Å². The quantitative estimate of drug-likeness (QED) is 0.274. The number of aliphatic hydroxyl groups excluding tert-OH is 4. The van der Waals surface area contributed by atoms with Gasteiger partial charge in [-0.25, -0.2) is 0 Å². The molecule has 1 aliphatic heterocycles. The first-order chi connectivity index (χ1) is 4.66. The van der Waals surface area contributed by atoms with Gasteiger partial charge in [-0.2, -0.15) is 0 Å². The lowest BCUT2D eigenvalue weighted by molar-refractivity contribution is -0.0256. The summed E-state index contributed by atoms with van der Waals surface area (Å²) in [4.78, 5) is 0. The Hall–Kier alpha value is -0.200. The summed E-state index contributed by atoms with van der Waals surface area (Å²) in [5.41, 5.74) is 0. The minimum atomic E-state index is -1.20. The second-order valence-corrected chi connectivity index (χ2v) is 2.38. The molecule has 5 heteroatoms. The first-order valence-electron chi connectivity index (χ1n) is 3.08. The van der Waals surface area contributed by atoms with E-state index < -0.39 is 24.5 Å². The Labute approximate surface area is 57.9 Å². The molecule has 0 aliphatic carbocycles. The van der Waals surface area contributed by atoms with E-state index in [4.69, 9.17) is 20.4 Å². The average Bonchev–Trinajstić information content (AvgIpc) is 2.17. The van der Waals surface area contributed by atoms with Gasteiger partial charge >= 0.3 is 0 Å². The molecular weight excluding hydrogens is 138 g/mol. The molecule has 0 aromatic rings. The van der Waals surface area contributed by atoms with E-state index in [1.54, 1.807) is 0 Å². The zero-order valence-corrected chi connectivity index (χ0v) is 5.31. The first-order valence-corrected chi connectivity index (χ1v) is 3.08. The molecule has 10 heavy (non-hydrogen) atoms. The van der Waals surface area contributed by atoms with Crippen LogP contribution in [0.4, 0.5) is 0 Å². The molecule has 0 spiro atoms. The molecule has 0 aromatic carbocycles. The minimum Gasteiger partial charge on any atom is -0.395 e. The van der Waals surface area contributed by atoms with Crippen LogP contribution in [0.1, 0.15) is 0 Å². The lowest BCUT2D eigenvalue weighted by Gasteiger charge is -2.11. The van der Waals surface area contributed by atoms with Crippen LogP contribution in [0.5, 0.6) is 0 Å². The van der Waals surface area contributed by atoms with Crippen molar-refractivity contribution in [2.45, 2.75) is 24.5 Å². The summed E-state index contributed by atoms with van der Waals surface area (Å²) >= 11 is 0. The van der Waals surface area contributed by atoms with Gasteiger partial charge in [-0.15, -0.1) is 0 Å². The minimum absolute atomic E-state index is 0.296. The summed E-state index contributed by atoms with van der Waals surface area (Å²) in [5.74, 6) is 0. The van der Waals surface area contributed by atoms with E-state index in [-0.39, 0.29) is 6.61 Å².